The Kier molecular flexibility index (Phi) is 6.73. The summed E-state index contributed by atoms with van der Waals surface area (Å²) >= 11 is 0. The number of esters is 1. The normalized spacial score (nSPS) is 10.4. The fraction of sp³-hybridized carbons (Fsp3) is 0.625. The average molecular weight is 158 g/mol. The van der Waals surface area contributed by atoms with Gasteiger partial charge < -0.3 is 9.84 Å². The zero-order valence-corrected chi connectivity index (χ0v) is 6.75. The predicted molar refractivity (Wildman–Crippen MR) is 42.1 cm³/mol. The highest BCUT2D eigenvalue weighted by Crippen LogP contribution is 1.89. The van der Waals surface area contributed by atoms with E-state index in [1.54, 1.807) is 6.08 Å². The van der Waals surface area contributed by atoms with Crippen LogP contribution in [-0.2, 0) is 9.53 Å². The van der Waals surface area contributed by atoms with Gasteiger partial charge >= 0.3 is 5.97 Å². The number of carbonyl (C=O) groups is 1. The first-order valence-corrected chi connectivity index (χ1v) is 3.72. The summed E-state index contributed by atoms with van der Waals surface area (Å²) in [7, 11) is 0. The van der Waals surface area contributed by atoms with Gasteiger partial charge in [0, 0.05) is 0 Å². The molecular weight excluding hydrogens is 144 g/mol. The van der Waals surface area contributed by atoms with E-state index in [1.165, 1.54) is 0 Å². The van der Waals surface area contributed by atoms with E-state index >= 15 is 0 Å². The summed E-state index contributed by atoms with van der Waals surface area (Å²) in [5.41, 5.74) is 0. The van der Waals surface area contributed by atoms with Crippen molar-refractivity contribution in [3.63, 3.8) is 0 Å². The Morgan fingerprint density at radius 3 is 2.82 bits per heavy atom. The summed E-state index contributed by atoms with van der Waals surface area (Å²) < 4.78 is 4.60. The van der Waals surface area contributed by atoms with Crippen molar-refractivity contribution in [1.82, 2.24) is 0 Å². The van der Waals surface area contributed by atoms with Gasteiger partial charge in [-0.15, -0.1) is 0 Å². The minimum absolute atomic E-state index is 0.0960. The molecule has 0 saturated heterocycles. The lowest BCUT2D eigenvalue weighted by atomic mass is 10.3. The Balaban J connectivity index is 3.29. The summed E-state index contributed by atoms with van der Waals surface area (Å²) in [4.78, 5) is 10.7. The van der Waals surface area contributed by atoms with E-state index in [0.29, 0.717) is 6.42 Å². The van der Waals surface area contributed by atoms with E-state index in [9.17, 15) is 4.79 Å². The molecule has 1 N–H and O–H groups in total. The second kappa shape index (κ2) is 7.28. The van der Waals surface area contributed by atoms with Crippen molar-refractivity contribution in [2.75, 3.05) is 13.2 Å². The van der Waals surface area contributed by atoms with Gasteiger partial charge in [-0.05, 0) is 6.42 Å². The molecule has 0 atom stereocenters. The van der Waals surface area contributed by atoms with Crippen LogP contribution in [0.4, 0.5) is 0 Å². The first-order chi connectivity index (χ1) is 5.31. The average Bonchev–Trinajstić information content (AvgIpc) is 2.01. The van der Waals surface area contributed by atoms with Crippen molar-refractivity contribution < 1.29 is 14.6 Å². The summed E-state index contributed by atoms with van der Waals surface area (Å²) in [6, 6.07) is 0. The minimum atomic E-state index is -0.288. The van der Waals surface area contributed by atoms with Crippen LogP contribution in [0.1, 0.15) is 19.8 Å². The van der Waals surface area contributed by atoms with Gasteiger partial charge in [0.05, 0.1) is 13.0 Å². The molecule has 0 saturated carbocycles. The summed E-state index contributed by atoms with van der Waals surface area (Å²) in [5, 5.41) is 8.29. The molecule has 0 aliphatic rings. The fourth-order valence-electron chi connectivity index (χ4n) is 0.565. The molecule has 0 rings (SSSR count). The molecule has 3 nitrogen and oxygen atoms in total. The quantitative estimate of drug-likeness (QED) is 0.477. The van der Waals surface area contributed by atoms with Crippen LogP contribution in [-0.4, -0.2) is 24.3 Å². The largest absolute Gasteiger partial charge is 0.463 e. The van der Waals surface area contributed by atoms with Gasteiger partial charge in [0.15, 0.2) is 0 Å². The van der Waals surface area contributed by atoms with Crippen LogP contribution in [0.25, 0.3) is 0 Å². The zero-order valence-electron chi connectivity index (χ0n) is 6.75. The molecule has 0 heterocycles. The molecule has 0 aromatic carbocycles. The fourth-order valence-corrected chi connectivity index (χ4v) is 0.565. The Bertz CT molecular complexity index is 129. The molecule has 0 aliphatic carbocycles. The van der Waals surface area contributed by atoms with Crippen LogP contribution in [0.15, 0.2) is 12.2 Å². The number of aliphatic hydroxyl groups is 1. The maximum absolute atomic E-state index is 10.7. The maximum Gasteiger partial charge on any atom is 0.309 e. The number of hydrogen-bond acceptors (Lipinski definition) is 3. The number of aliphatic hydroxyl groups excluding tert-OH is 1. The summed E-state index contributed by atoms with van der Waals surface area (Å²) in [6.07, 6.45) is 4.89. The third-order valence-corrected chi connectivity index (χ3v) is 1.04. The smallest absolute Gasteiger partial charge is 0.309 e. The lowest BCUT2D eigenvalue weighted by Crippen LogP contribution is -2.06. The van der Waals surface area contributed by atoms with E-state index in [4.69, 9.17) is 5.11 Å². The van der Waals surface area contributed by atoms with E-state index in [1.807, 2.05) is 13.0 Å². The van der Waals surface area contributed by atoms with Crippen LogP contribution < -0.4 is 0 Å². The molecular formula is C8H14O3. The van der Waals surface area contributed by atoms with Gasteiger partial charge in [0.2, 0.25) is 0 Å². The topological polar surface area (TPSA) is 46.5 Å². The third-order valence-electron chi connectivity index (χ3n) is 1.04. The van der Waals surface area contributed by atoms with Crippen molar-refractivity contribution in [3.8, 4) is 0 Å². The Hall–Kier alpha value is -0.830. The minimum Gasteiger partial charge on any atom is -0.463 e. The van der Waals surface area contributed by atoms with Gasteiger partial charge in [-0.2, -0.15) is 0 Å². The molecule has 0 radical (unpaired) electrons. The Morgan fingerprint density at radius 2 is 2.27 bits per heavy atom. The molecule has 64 valence electrons. The molecule has 0 unspecified atom stereocenters. The molecule has 0 aromatic heterocycles. The van der Waals surface area contributed by atoms with Crippen LogP contribution in [0.2, 0.25) is 0 Å². The number of hydrogen-bond donors (Lipinski definition) is 1. The van der Waals surface area contributed by atoms with Crippen LogP contribution >= 0.6 is 0 Å². The highest BCUT2D eigenvalue weighted by Gasteiger charge is 1.96. The molecule has 0 bridgehead atoms. The molecule has 0 fully saturated rings. The van der Waals surface area contributed by atoms with Gasteiger partial charge in [-0.3, -0.25) is 4.79 Å². The van der Waals surface area contributed by atoms with Crippen molar-refractivity contribution >= 4 is 5.97 Å². The highest BCUT2D eigenvalue weighted by molar-refractivity contribution is 5.71. The number of ether oxygens (including phenoxy) is 1. The SMILES string of the molecule is CCC=CCC(=O)OCCO. The first-order valence-electron chi connectivity index (χ1n) is 3.72. The molecule has 0 aromatic rings. The number of carbonyl (C=O) groups excluding carboxylic acids is 1. The maximum atomic E-state index is 10.7. The zero-order chi connectivity index (χ0) is 8.53. The lowest BCUT2D eigenvalue weighted by molar-refractivity contribution is -0.143. The summed E-state index contributed by atoms with van der Waals surface area (Å²) in [5.74, 6) is -0.288. The van der Waals surface area contributed by atoms with Gasteiger partial charge in [-0.1, -0.05) is 19.1 Å². The molecule has 0 amide bonds. The highest BCUT2D eigenvalue weighted by atomic mass is 16.5. The molecule has 11 heavy (non-hydrogen) atoms. The summed E-state index contributed by atoms with van der Waals surface area (Å²) in [6.45, 7) is 1.98. The molecule has 0 aliphatic heterocycles. The van der Waals surface area contributed by atoms with E-state index < -0.39 is 0 Å². The van der Waals surface area contributed by atoms with E-state index in [0.717, 1.165) is 6.42 Å². The molecule has 3 heteroatoms. The van der Waals surface area contributed by atoms with Crippen molar-refractivity contribution in [2.24, 2.45) is 0 Å². The van der Waals surface area contributed by atoms with Crippen molar-refractivity contribution in [2.45, 2.75) is 19.8 Å². The first kappa shape index (κ1) is 10.2. The second-order valence-corrected chi connectivity index (χ2v) is 2.03. The Morgan fingerprint density at radius 1 is 1.55 bits per heavy atom. The Labute approximate surface area is 66.7 Å². The number of rotatable bonds is 5. The monoisotopic (exact) mass is 158 g/mol. The van der Waals surface area contributed by atoms with E-state index in [-0.39, 0.29) is 19.2 Å². The van der Waals surface area contributed by atoms with Crippen molar-refractivity contribution in [3.05, 3.63) is 12.2 Å². The second-order valence-electron chi connectivity index (χ2n) is 2.03. The lowest BCUT2D eigenvalue weighted by Gasteiger charge is -1.98. The van der Waals surface area contributed by atoms with E-state index in [2.05, 4.69) is 4.74 Å². The van der Waals surface area contributed by atoms with Crippen molar-refractivity contribution in [1.29, 1.82) is 0 Å². The molecule has 0 spiro atoms. The number of allylic oxidation sites excluding steroid dienone is 1. The standard InChI is InChI=1S/C8H14O3/c1-2-3-4-5-8(10)11-7-6-9/h3-4,9H,2,5-7H2,1H3. The van der Waals surface area contributed by atoms with Crippen LogP contribution in [0.5, 0.6) is 0 Å². The van der Waals surface area contributed by atoms with Gasteiger partial charge in [0.25, 0.3) is 0 Å². The van der Waals surface area contributed by atoms with Gasteiger partial charge in [0.1, 0.15) is 6.61 Å². The third kappa shape index (κ3) is 7.06. The van der Waals surface area contributed by atoms with Crippen LogP contribution in [0, 0.1) is 0 Å². The van der Waals surface area contributed by atoms with Gasteiger partial charge in [-0.25, -0.2) is 0 Å². The predicted octanol–water partition coefficient (Wildman–Crippen LogP) is 0.878. The van der Waals surface area contributed by atoms with Crippen LogP contribution in [0.3, 0.4) is 0 Å².